The first-order valence-electron chi connectivity index (χ1n) is 13.4. The van der Waals surface area contributed by atoms with Gasteiger partial charge in [-0.25, -0.2) is 23.6 Å². The van der Waals surface area contributed by atoms with Gasteiger partial charge in [-0.15, -0.1) is 21.5 Å². The van der Waals surface area contributed by atoms with E-state index in [0.29, 0.717) is 23.3 Å². The highest BCUT2D eigenvalue weighted by molar-refractivity contribution is 7.22. The summed E-state index contributed by atoms with van der Waals surface area (Å²) >= 11 is 1.23. The number of hydrogen-bond donors (Lipinski definition) is 2. The van der Waals surface area contributed by atoms with Gasteiger partial charge in [0, 0.05) is 35.8 Å². The lowest BCUT2D eigenvalue weighted by Crippen LogP contribution is -2.39. The zero-order valence-electron chi connectivity index (χ0n) is 25.1. The van der Waals surface area contributed by atoms with E-state index < -0.39 is 29.4 Å². The second kappa shape index (κ2) is 14.7. The van der Waals surface area contributed by atoms with Crippen LogP contribution in [-0.4, -0.2) is 66.0 Å². The third-order valence-corrected chi connectivity index (χ3v) is 7.90. The Morgan fingerprint density at radius 2 is 1.67 bits per heavy atom. The Morgan fingerprint density at radius 3 is 2.18 bits per heavy atom. The molecule has 3 heterocycles. The number of halogens is 2. The zero-order valence-corrected chi connectivity index (χ0v) is 25.9. The standard InChI is InChI=1S/C28H26F2N6O3S.C2H5NO2/c1-31-17-10-8-16(9-11-17)25-19(14-34(2)3)24-26(37)36(22-12-13-23(39-4)33-32-22)28(38)35(27(24)40-25)15-18-20(29)6-5-7-21(18)30;1-5-3-2-4/h5-13,31H,14-15H2,1-4H3;2H,1H3,(H,3,4). The number of hydrogen-bond acceptors (Lipinski definition) is 10. The first kappa shape index (κ1) is 32.9. The summed E-state index contributed by atoms with van der Waals surface area (Å²) in [4.78, 5) is 44.2. The summed E-state index contributed by atoms with van der Waals surface area (Å²) in [6.45, 7) is -0.0589. The number of fused-ring (bicyclic) bond motifs is 1. The molecule has 1 amide bonds. The molecular formula is C30H31F2N7O5S. The molecule has 2 aromatic carbocycles. The van der Waals surface area contributed by atoms with Gasteiger partial charge in [0.15, 0.2) is 5.82 Å². The minimum atomic E-state index is -0.797. The van der Waals surface area contributed by atoms with E-state index in [4.69, 9.17) is 9.53 Å². The number of benzene rings is 2. The van der Waals surface area contributed by atoms with E-state index in [1.807, 2.05) is 55.8 Å². The molecule has 0 bridgehead atoms. The predicted octanol–water partition coefficient (Wildman–Crippen LogP) is 3.40. The molecule has 0 aliphatic carbocycles. The Labute approximate surface area is 260 Å². The van der Waals surface area contributed by atoms with Crippen molar-refractivity contribution in [2.45, 2.75) is 13.1 Å². The van der Waals surface area contributed by atoms with Crippen LogP contribution >= 0.6 is 11.3 Å². The van der Waals surface area contributed by atoms with Crippen LogP contribution in [0.25, 0.3) is 26.5 Å². The van der Waals surface area contributed by atoms with Crippen molar-refractivity contribution in [2.75, 3.05) is 40.7 Å². The quantitative estimate of drug-likeness (QED) is 0.174. The van der Waals surface area contributed by atoms with Gasteiger partial charge in [-0.1, -0.05) is 18.2 Å². The maximum absolute atomic E-state index is 14.8. The van der Waals surface area contributed by atoms with Crippen molar-refractivity contribution < 1.29 is 23.1 Å². The number of carbonyl (C=O) groups excluding carboxylic acids is 1. The van der Waals surface area contributed by atoms with E-state index in [2.05, 4.69) is 20.4 Å². The number of nitrogens with one attached hydrogen (secondary N) is 2. The molecule has 0 unspecified atom stereocenters. The number of methoxy groups -OCH3 is 1. The number of anilines is 1. The number of thiophene rings is 1. The first-order valence-corrected chi connectivity index (χ1v) is 14.2. The van der Waals surface area contributed by atoms with Crippen molar-refractivity contribution in [3.8, 4) is 22.1 Å². The van der Waals surface area contributed by atoms with Gasteiger partial charge in [0.2, 0.25) is 12.3 Å². The molecule has 0 aliphatic rings. The van der Waals surface area contributed by atoms with E-state index in [0.717, 1.165) is 32.8 Å². The van der Waals surface area contributed by atoms with Crippen molar-refractivity contribution in [3.63, 3.8) is 0 Å². The Hall–Kier alpha value is -4.99. The van der Waals surface area contributed by atoms with E-state index in [-0.39, 0.29) is 22.6 Å². The average molecular weight is 640 g/mol. The summed E-state index contributed by atoms with van der Waals surface area (Å²) in [5.41, 5.74) is 2.67. The minimum absolute atomic E-state index is 0.0395. The predicted molar refractivity (Wildman–Crippen MR) is 168 cm³/mol. The maximum Gasteiger partial charge on any atom is 0.338 e. The van der Waals surface area contributed by atoms with Gasteiger partial charge in [-0.05, 0) is 55.6 Å². The van der Waals surface area contributed by atoms with Crippen LogP contribution in [0.2, 0.25) is 0 Å². The molecule has 0 radical (unpaired) electrons. The van der Waals surface area contributed by atoms with Gasteiger partial charge in [-0.3, -0.25) is 19.0 Å². The van der Waals surface area contributed by atoms with Gasteiger partial charge in [0.25, 0.3) is 5.56 Å². The Balaban J connectivity index is 0.000000854. The van der Waals surface area contributed by atoms with Gasteiger partial charge in [-0.2, -0.15) is 0 Å². The van der Waals surface area contributed by atoms with Gasteiger partial charge in [0.1, 0.15) is 16.5 Å². The van der Waals surface area contributed by atoms with Crippen LogP contribution < -0.4 is 26.8 Å². The Morgan fingerprint density at radius 1 is 0.978 bits per heavy atom. The van der Waals surface area contributed by atoms with Crippen LogP contribution in [-0.2, 0) is 22.7 Å². The average Bonchev–Trinajstić information content (AvgIpc) is 3.40. The number of aromatic nitrogens is 4. The summed E-state index contributed by atoms with van der Waals surface area (Å²) in [6, 6.07) is 14.1. The molecule has 0 saturated carbocycles. The molecule has 2 N–H and O–H groups in total. The topological polar surface area (TPSA) is 133 Å². The van der Waals surface area contributed by atoms with Crippen molar-refractivity contribution in [1.29, 1.82) is 0 Å². The fourth-order valence-electron chi connectivity index (χ4n) is 4.53. The fourth-order valence-corrected chi connectivity index (χ4v) is 5.83. The van der Waals surface area contributed by atoms with Crippen molar-refractivity contribution in [1.82, 2.24) is 29.7 Å². The molecular weight excluding hydrogens is 608 g/mol. The highest BCUT2D eigenvalue weighted by Crippen LogP contribution is 2.38. The van der Waals surface area contributed by atoms with Crippen LogP contribution in [0.4, 0.5) is 14.5 Å². The molecule has 0 saturated heterocycles. The van der Waals surface area contributed by atoms with Crippen LogP contribution in [0.15, 0.2) is 64.2 Å². The lowest BCUT2D eigenvalue weighted by Gasteiger charge is -2.14. The minimum Gasteiger partial charge on any atom is -0.480 e. The van der Waals surface area contributed by atoms with Gasteiger partial charge >= 0.3 is 5.69 Å². The van der Waals surface area contributed by atoms with E-state index in [1.54, 1.807) is 0 Å². The van der Waals surface area contributed by atoms with Crippen LogP contribution in [0.5, 0.6) is 5.88 Å². The highest BCUT2D eigenvalue weighted by atomic mass is 32.1. The monoisotopic (exact) mass is 639 g/mol. The largest absolute Gasteiger partial charge is 0.480 e. The summed E-state index contributed by atoms with van der Waals surface area (Å²) in [5.74, 6) is -1.44. The number of carbonyl (C=O) groups is 1. The molecule has 15 heteroatoms. The first-order chi connectivity index (χ1) is 21.6. The number of amides is 1. The second-order valence-corrected chi connectivity index (χ2v) is 10.7. The number of rotatable bonds is 10. The normalized spacial score (nSPS) is 10.8. The van der Waals surface area contributed by atoms with E-state index in [9.17, 15) is 18.4 Å². The van der Waals surface area contributed by atoms with Crippen molar-refractivity contribution in [2.24, 2.45) is 0 Å². The molecule has 0 spiro atoms. The lowest BCUT2D eigenvalue weighted by atomic mass is 10.1. The van der Waals surface area contributed by atoms with Crippen molar-refractivity contribution >= 4 is 33.7 Å². The number of nitrogens with zero attached hydrogens (tertiary/aromatic N) is 5. The van der Waals surface area contributed by atoms with Crippen LogP contribution in [0.1, 0.15) is 11.1 Å². The van der Waals surface area contributed by atoms with Crippen LogP contribution in [0, 0.1) is 11.6 Å². The maximum atomic E-state index is 14.8. The Bertz CT molecular complexity index is 1890. The van der Waals surface area contributed by atoms with Gasteiger partial charge < -0.3 is 15.0 Å². The SMILES string of the molecule is CNc1ccc(-c2sc3c(c2CN(C)C)c(=O)n(-c2ccc(OC)nn2)c(=O)n3Cc2c(F)cccc2F)cc1.CONC=O. The molecule has 5 aromatic rings. The summed E-state index contributed by atoms with van der Waals surface area (Å²) in [5, 5.41) is 11.3. The molecule has 45 heavy (non-hydrogen) atoms. The summed E-state index contributed by atoms with van der Waals surface area (Å²) < 4.78 is 36.7. The highest BCUT2D eigenvalue weighted by Gasteiger charge is 2.25. The molecule has 3 aromatic heterocycles. The van der Waals surface area contributed by atoms with Gasteiger partial charge in [0.05, 0.1) is 26.2 Å². The fraction of sp³-hybridized carbons (Fsp3) is 0.233. The molecule has 0 aliphatic heterocycles. The number of hydroxylamine groups is 1. The molecule has 0 atom stereocenters. The molecule has 0 fully saturated rings. The third kappa shape index (κ3) is 7.06. The summed E-state index contributed by atoms with van der Waals surface area (Å²) in [6.07, 6.45) is 0.458. The zero-order chi connectivity index (χ0) is 32.7. The molecule has 236 valence electrons. The molecule has 12 nitrogen and oxygen atoms in total. The Kier molecular flexibility index (Phi) is 10.7. The smallest absolute Gasteiger partial charge is 0.338 e. The molecule has 5 rings (SSSR count). The van der Waals surface area contributed by atoms with E-state index in [1.165, 1.54) is 48.3 Å². The second-order valence-electron chi connectivity index (χ2n) is 9.74. The van der Waals surface area contributed by atoms with Crippen LogP contribution in [0.3, 0.4) is 0 Å². The lowest BCUT2D eigenvalue weighted by molar-refractivity contribution is -0.118. The third-order valence-electron chi connectivity index (χ3n) is 6.59. The van der Waals surface area contributed by atoms with Crippen molar-refractivity contribution in [3.05, 3.63) is 98.2 Å². The number of ether oxygens (including phenoxy) is 1. The summed E-state index contributed by atoms with van der Waals surface area (Å²) in [7, 11) is 8.35. The van der Waals surface area contributed by atoms with E-state index >= 15 is 0 Å².